The first-order valence-corrected chi connectivity index (χ1v) is 9.25. The molecule has 1 heterocycles. The Morgan fingerprint density at radius 1 is 1.36 bits per heavy atom. The van der Waals surface area contributed by atoms with Crippen LogP contribution in [0.5, 0.6) is 11.5 Å². The van der Waals surface area contributed by atoms with Crippen molar-refractivity contribution in [1.82, 2.24) is 20.5 Å². The number of carbonyl (C=O) groups excluding carboxylic acids is 1. The zero-order chi connectivity index (χ0) is 19.9. The maximum Gasteiger partial charge on any atom is 0.273 e. The van der Waals surface area contributed by atoms with E-state index >= 15 is 0 Å². The second-order valence-corrected chi connectivity index (χ2v) is 6.66. The molecule has 0 unspecified atom stereocenters. The van der Waals surface area contributed by atoms with E-state index in [1.54, 1.807) is 24.3 Å². The number of benzene rings is 1. The summed E-state index contributed by atoms with van der Waals surface area (Å²) in [7, 11) is 1.53. The van der Waals surface area contributed by atoms with E-state index in [1.165, 1.54) is 20.0 Å². The molecule has 0 bridgehead atoms. The monoisotopic (exact) mass is 384 g/mol. The second kappa shape index (κ2) is 9.16. The number of nitrogens with zero attached hydrogens (tertiary/aromatic N) is 2. The van der Waals surface area contributed by atoms with Crippen molar-refractivity contribution in [2.45, 2.75) is 25.7 Å². The van der Waals surface area contributed by atoms with Crippen molar-refractivity contribution in [2.24, 2.45) is 5.92 Å². The van der Waals surface area contributed by atoms with Crippen LogP contribution in [0.15, 0.2) is 35.6 Å². The highest BCUT2D eigenvalue weighted by Gasteiger charge is 2.21. The van der Waals surface area contributed by atoms with Gasteiger partial charge in [-0.25, -0.2) is 0 Å². The van der Waals surface area contributed by atoms with E-state index in [2.05, 4.69) is 27.1 Å². The van der Waals surface area contributed by atoms with E-state index in [1.807, 2.05) is 0 Å². The maximum absolute atomic E-state index is 12.3. The third-order valence-corrected chi connectivity index (χ3v) is 4.43. The molecule has 148 valence electrons. The summed E-state index contributed by atoms with van der Waals surface area (Å²) in [6.07, 6.45) is 4.46. The van der Waals surface area contributed by atoms with Crippen molar-refractivity contribution in [3.63, 3.8) is 0 Å². The number of aromatic amines is 1. The van der Waals surface area contributed by atoms with Gasteiger partial charge < -0.3 is 19.8 Å². The van der Waals surface area contributed by atoms with Crippen LogP contribution in [0.3, 0.4) is 0 Å². The van der Waals surface area contributed by atoms with Gasteiger partial charge in [0, 0.05) is 24.9 Å². The van der Waals surface area contributed by atoms with Crippen molar-refractivity contribution in [3.8, 4) is 22.9 Å². The summed E-state index contributed by atoms with van der Waals surface area (Å²) >= 11 is 0. The van der Waals surface area contributed by atoms with Crippen LogP contribution in [0.2, 0.25) is 0 Å². The SMILES string of the molecule is C=CCOc1ccc(-c2nnc(CCC(=O)NCC3CC3)c(=O)[nH]2)cc1OC. The van der Waals surface area contributed by atoms with Crippen LogP contribution in [0, 0.1) is 5.92 Å². The molecule has 8 nitrogen and oxygen atoms in total. The number of methoxy groups -OCH3 is 1. The van der Waals surface area contributed by atoms with Gasteiger partial charge in [0.2, 0.25) is 5.91 Å². The van der Waals surface area contributed by atoms with Gasteiger partial charge in [-0.15, -0.1) is 10.2 Å². The lowest BCUT2D eigenvalue weighted by molar-refractivity contribution is -0.121. The van der Waals surface area contributed by atoms with E-state index < -0.39 is 0 Å². The summed E-state index contributed by atoms with van der Waals surface area (Å²) in [5.74, 6) is 1.95. The van der Waals surface area contributed by atoms with Gasteiger partial charge in [0.25, 0.3) is 5.56 Å². The summed E-state index contributed by atoms with van der Waals surface area (Å²) in [6, 6.07) is 5.20. The number of nitrogens with one attached hydrogen (secondary N) is 2. The molecule has 1 fully saturated rings. The molecule has 1 aromatic carbocycles. The number of hydrogen-bond acceptors (Lipinski definition) is 6. The Balaban J connectivity index is 1.66. The second-order valence-electron chi connectivity index (χ2n) is 6.66. The van der Waals surface area contributed by atoms with Crippen LogP contribution in [0.25, 0.3) is 11.4 Å². The Labute approximate surface area is 163 Å². The predicted molar refractivity (Wildman–Crippen MR) is 104 cm³/mol. The molecule has 2 N–H and O–H groups in total. The van der Waals surface area contributed by atoms with E-state index in [0.29, 0.717) is 42.0 Å². The number of aromatic nitrogens is 3. The number of H-pyrrole nitrogens is 1. The molecule has 1 saturated carbocycles. The first kappa shape index (κ1) is 19.6. The fourth-order valence-electron chi connectivity index (χ4n) is 2.64. The van der Waals surface area contributed by atoms with Gasteiger partial charge in [0.1, 0.15) is 12.3 Å². The predicted octanol–water partition coefficient (Wildman–Crippen LogP) is 1.86. The lowest BCUT2D eigenvalue weighted by Gasteiger charge is -2.10. The van der Waals surface area contributed by atoms with Gasteiger partial charge in [-0.3, -0.25) is 9.59 Å². The lowest BCUT2D eigenvalue weighted by atomic mass is 10.2. The Morgan fingerprint density at radius 3 is 2.86 bits per heavy atom. The fraction of sp³-hybridized carbons (Fsp3) is 0.400. The highest BCUT2D eigenvalue weighted by molar-refractivity contribution is 5.76. The molecule has 28 heavy (non-hydrogen) atoms. The molecule has 0 radical (unpaired) electrons. The molecule has 0 atom stereocenters. The van der Waals surface area contributed by atoms with Crippen LogP contribution in [0.4, 0.5) is 0 Å². The van der Waals surface area contributed by atoms with Crippen molar-refractivity contribution in [2.75, 3.05) is 20.3 Å². The lowest BCUT2D eigenvalue weighted by Crippen LogP contribution is -2.27. The first-order valence-electron chi connectivity index (χ1n) is 9.25. The average molecular weight is 384 g/mol. The first-order chi connectivity index (χ1) is 13.6. The molecule has 1 aliphatic carbocycles. The summed E-state index contributed by atoms with van der Waals surface area (Å²) in [4.78, 5) is 26.8. The van der Waals surface area contributed by atoms with Crippen molar-refractivity contribution < 1.29 is 14.3 Å². The molecule has 2 aromatic rings. The zero-order valence-electron chi connectivity index (χ0n) is 15.9. The van der Waals surface area contributed by atoms with Crippen molar-refractivity contribution in [3.05, 3.63) is 46.9 Å². The van der Waals surface area contributed by atoms with E-state index in [4.69, 9.17) is 9.47 Å². The molecule has 1 aromatic heterocycles. The quantitative estimate of drug-likeness (QED) is 0.606. The highest BCUT2D eigenvalue weighted by Crippen LogP contribution is 2.31. The molecular weight excluding hydrogens is 360 g/mol. The maximum atomic E-state index is 12.3. The van der Waals surface area contributed by atoms with Crippen molar-refractivity contribution in [1.29, 1.82) is 0 Å². The smallest absolute Gasteiger partial charge is 0.273 e. The van der Waals surface area contributed by atoms with Crippen LogP contribution < -0.4 is 20.3 Å². The largest absolute Gasteiger partial charge is 0.493 e. The molecular formula is C20H24N4O4. The minimum Gasteiger partial charge on any atom is -0.493 e. The minimum atomic E-state index is -0.356. The van der Waals surface area contributed by atoms with Crippen LogP contribution in [-0.4, -0.2) is 41.3 Å². The Hall–Kier alpha value is -3.16. The fourth-order valence-corrected chi connectivity index (χ4v) is 2.64. The van der Waals surface area contributed by atoms with Crippen molar-refractivity contribution >= 4 is 5.91 Å². The molecule has 3 rings (SSSR count). The molecule has 0 saturated heterocycles. The molecule has 0 aliphatic heterocycles. The van der Waals surface area contributed by atoms with E-state index in [-0.39, 0.29) is 30.0 Å². The average Bonchev–Trinajstić information content (AvgIpc) is 3.54. The van der Waals surface area contributed by atoms with Gasteiger partial charge in [0.15, 0.2) is 17.3 Å². The highest BCUT2D eigenvalue weighted by atomic mass is 16.5. The van der Waals surface area contributed by atoms with Gasteiger partial charge >= 0.3 is 0 Å². The van der Waals surface area contributed by atoms with Gasteiger partial charge in [-0.1, -0.05) is 12.7 Å². The van der Waals surface area contributed by atoms with Gasteiger partial charge in [0.05, 0.1) is 7.11 Å². The summed E-state index contributed by atoms with van der Waals surface area (Å²) in [6.45, 7) is 4.68. The minimum absolute atomic E-state index is 0.0722. The van der Waals surface area contributed by atoms with Crippen LogP contribution >= 0.6 is 0 Å². The third kappa shape index (κ3) is 5.18. The number of hydrogen-bond donors (Lipinski definition) is 2. The number of ether oxygens (including phenoxy) is 2. The molecule has 0 spiro atoms. The van der Waals surface area contributed by atoms with E-state index in [9.17, 15) is 9.59 Å². The molecule has 8 heteroatoms. The van der Waals surface area contributed by atoms with E-state index in [0.717, 1.165) is 0 Å². The molecule has 1 aliphatic rings. The number of carbonyl (C=O) groups is 1. The zero-order valence-corrected chi connectivity index (χ0v) is 15.9. The topological polar surface area (TPSA) is 106 Å². The summed E-state index contributed by atoms with van der Waals surface area (Å²) in [5, 5.41) is 11.0. The standard InChI is InChI=1S/C20H24N4O4/c1-3-10-28-16-8-6-14(11-17(16)27-2)19-22-20(26)15(23-24-19)7-9-18(25)21-12-13-4-5-13/h3,6,8,11,13H,1,4-5,7,9-10,12H2,2H3,(H,21,25)(H,22,24,26). The normalized spacial score (nSPS) is 13.0. The number of amides is 1. The number of aryl methyl sites for hydroxylation is 1. The Bertz CT molecular complexity index is 905. The third-order valence-electron chi connectivity index (χ3n) is 4.43. The number of rotatable bonds is 10. The summed E-state index contributed by atoms with van der Waals surface area (Å²) in [5.41, 5.74) is 0.523. The van der Waals surface area contributed by atoms with Crippen LogP contribution in [0.1, 0.15) is 25.0 Å². The summed E-state index contributed by atoms with van der Waals surface area (Å²) < 4.78 is 10.8. The Kier molecular flexibility index (Phi) is 6.41. The van der Waals surface area contributed by atoms with Crippen LogP contribution in [-0.2, 0) is 11.2 Å². The van der Waals surface area contributed by atoms with Gasteiger partial charge in [-0.2, -0.15) is 0 Å². The van der Waals surface area contributed by atoms with Gasteiger partial charge in [-0.05, 0) is 37.0 Å². The molecule has 1 amide bonds. The Morgan fingerprint density at radius 2 is 2.18 bits per heavy atom.